The van der Waals surface area contributed by atoms with Crippen LogP contribution >= 0.6 is 0 Å². The average Bonchev–Trinajstić information content (AvgIpc) is 2.75. The Morgan fingerprint density at radius 3 is 2.28 bits per heavy atom. The molecule has 2 amide bonds. The highest BCUT2D eigenvalue weighted by Crippen LogP contribution is 2.23. The molecule has 0 aliphatic rings. The van der Waals surface area contributed by atoms with Gasteiger partial charge >= 0.3 is 0 Å². The quantitative estimate of drug-likeness (QED) is 0.587. The summed E-state index contributed by atoms with van der Waals surface area (Å²) in [5.74, 6) is -0.996. The second-order valence-electron chi connectivity index (χ2n) is 7.66. The molecule has 0 unspecified atom stereocenters. The summed E-state index contributed by atoms with van der Waals surface area (Å²) in [6.45, 7) is 3.72. The number of nitrogens with one attached hydrogen (secondary N) is 1. The van der Waals surface area contributed by atoms with Gasteiger partial charge in [-0.2, -0.15) is 0 Å². The van der Waals surface area contributed by atoms with Crippen LogP contribution in [0.25, 0.3) is 0 Å². The van der Waals surface area contributed by atoms with Crippen LogP contribution in [-0.2, 0) is 26.2 Å². The number of benzene rings is 2. The molecule has 1 N–H and O–H groups in total. The second-order valence-corrected chi connectivity index (χ2v) is 9.57. The number of carbonyl (C=O) groups excluding carboxylic acids is 2. The van der Waals surface area contributed by atoms with Crippen molar-refractivity contribution >= 4 is 27.5 Å². The van der Waals surface area contributed by atoms with Gasteiger partial charge in [-0.3, -0.25) is 13.9 Å². The van der Waals surface area contributed by atoms with E-state index in [1.54, 1.807) is 31.2 Å². The highest BCUT2D eigenvalue weighted by Gasteiger charge is 2.26. The van der Waals surface area contributed by atoms with E-state index in [0.717, 1.165) is 11.8 Å². The molecule has 2 aromatic rings. The lowest BCUT2D eigenvalue weighted by atomic mass is 10.1. The van der Waals surface area contributed by atoms with E-state index >= 15 is 0 Å². The van der Waals surface area contributed by atoms with Gasteiger partial charge in [0.25, 0.3) is 0 Å². The van der Waals surface area contributed by atoms with Crippen LogP contribution in [0.15, 0.2) is 48.5 Å². The summed E-state index contributed by atoms with van der Waals surface area (Å²) in [4.78, 5) is 26.6. The normalized spacial score (nSPS) is 12.2. The van der Waals surface area contributed by atoms with Gasteiger partial charge in [0.2, 0.25) is 21.8 Å². The van der Waals surface area contributed by atoms with Crippen molar-refractivity contribution in [3.63, 3.8) is 0 Å². The summed E-state index contributed by atoms with van der Waals surface area (Å²) < 4.78 is 39.2. The molecule has 32 heavy (non-hydrogen) atoms. The van der Waals surface area contributed by atoms with Crippen LogP contribution in [0.4, 0.5) is 10.1 Å². The van der Waals surface area contributed by atoms with Gasteiger partial charge in [-0.25, -0.2) is 12.8 Å². The lowest BCUT2D eigenvalue weighted by Crippen LogP contribution is -2.46. The van der Waals surface area contributed by atoms with Crippen LogP contribution in [0.5, 0.6) is 0 Å². The first-order valence-electron chi connectivity index (χ1n) is 10.3. The molecule has 0 saturated carbocycles. The molecule has 0 saturated heterocycles. The number of hydrogen-bond donors (Lipinski definition) is 1. The van der Waals surface area contributed by atoms with E-state index in [4.69, 9.17) is 0 Å². The molecule has 2 aromatic carbocycles. The van der Waals surface area contributed by atoms with Crippen molar-refractivity contribution in [3.8, 4) is 0 Å². The molecule has 0 aliphatic heterocycles. The van der Waals surface area contributed by atoms with Gasteiger partial charge < -0.3 is 10.2 Å². The molecule has 7 nitrogen and oxygen atoms in total. The molecule has 0 aromatic heterocycles. The number of para-hydroxylation sites is 1. The number of halogens is 1. The summed E-state index contributed by atoms with van der Waals surface area (Å²) >= 11 is 0. The Labute approximate surface area is 189 Å². The highest BCUT2D eigenvalue weighted by atomic mass is 32.2. The first kappa shape index (κ1) is 25.3. The second kappa shape index (κ2) is 11.1. The molecule has 0 spiro atoms. The third-order valence-electron chi connectivity index (χ3n) is 5.22. The van der Waals surface area contributed by atoms with E-state index in [0.29, 0.717) is 11.3 Å². The minimum absolute atomic E-state index is 0.0560. The van der Waals surface area contributed by atoms with Crippen LogP contribution in [-0.4, -0.2) is 51.0 Å². The Bertz CT molecular complexity index is 1040. The number of sulfonamides is 1. The van der Waals surface area contributed by atoms with Gasteiger partial charge in [0.05, 0.1) is 11.9 Å². The smallest absolute Gasteiger partial charge is 0.242 e. The van der Waals surface area contributed by atoms with Gasteiger partial charge in [-0.1, -0.05) is 30.3 Å². The molecule has 174 valence electrons. The topological polar surface area (TPSA) is 86.8 Å². The van der Waals surface area contributed by atoms with Crippen molar-refractivity contribution in [2.24, 2.45) is 0 Å². The number of hydrogen-bond acceptors (Lipinski definition) is 4. The van der Waals surface area contributed by atoms with Crippen LogP contribution < -0.4 is 9.62 Å². The number of carbonyl (C=O) groups is 2. The largest absolute Gasteiger partial charge is 0.357 e. The van der Waals surface area contributed by atoms with Crippen molar-refractivity contribution in [2.45, 2.75) is 39.3 Å². The highest BCUT2D eigenvalue weighted by molar-refractivity contribution is 7.92. The number of amides is 2. The predicted molar refractivity (Wildman–Crippen MR) is 123 cm³/mol. The number of aryl methyl sites for hydroxylation is 1. The Balaban J connectivity index is 2.14. The van der Waals surface area contributed by atoms with E-state index in [2.05, 4.69) is 5.32 Å². The number of anilines is 1. The molecule has 0 bridgehead atoms. The fraction of sp³-hybridized carbons (Fsp3) is 0.391. The van der Waals surface area contributed by atoms with Gasteiger partial charge in [0.1, 0.15) is 11.9 Å². The van der Waals surface area contributed by atoms with Crippen molar-refractivity contribution in [1.82, 2.24) is 10.2 Å². The molecule has 0 aliphatic carbocycles. The first-order valence-corrected chi connectivity index (χ1v) is 12.2. The van der Waals surface area contributed by atoms with E-state index in [-0.39, 0.29) is 43.6 Å². The minimum Gasteiger partial charge on any atom is -0.357 e. The van der Waals surface area contributed by atoms with Crippen LogP contribution in [0.1, 0.15) is 30.9 Å². The molecule has 9 heteroatoms. The maximum Gasteiger partial charge on any atom is 0.242 e. The first-order chi connectivity index (χ1) is 15.0. The molecule has 0 heterocycles. The Kier molecular flexibility index (Phi) is 8.77. The molecular weight excluding hydrogens is 433 g/mol. The van der Waals surface area contributed by atoms with Crippen molar-refractivity contribution in [3.05, 3.63) is 65.5 Å². The number of rotatable bonds is 10. The van der Waals surface area contributed by atoms with Gasteiger partial charge in [0.15, 0.2) is 0 Å². The van der Waals surface area contributed by atoms with E-state index in [1.165, 1.54) is 28.4 Å². The Morgan fingerprint density at radius 1 is 1.09 bits per heavy atom. The van der Waals surface area contributed by atoms with E-state index < -0.39 is 16.1 Å². The van der Waals surface area contributed by atoms with Crippen molar-refractivity contribution in [1.29, 1.82) is 0 Å². The van der Waals surface area contributed by atoms with Crippen LogP contribution in [0, 0.1) is 12.7 Å². The zero-order chi connectivity index (χ0) is 23.9. The third-order valence-corrected chi connectivity index (χ3v) is 6.40. The molecular formula is C23H30FN3O4S. The summed E-state index contributed by atoms with van der Waals surface area (Å²) in [5, 5.41) is 2.54. The maximum absolute atomic E-state index is 13.2. The minimum atomic E-state index is -3.54. The Morgan fingerprint density at radius 2 is 1.72 bits per heavy atom. The molecule has 2 rings (SSSR count). The Hall–Kier alpha value is -2.94. The molecule has 1 atom stereocenters. The SMILES string of the molecule is CNC(=O)[C@H](C)N(Cc1ccc(F)cc1)C(=O)CCCN(c1ccccc1C)S(C)(=O)=O. The fourth-order valence-electron chi connectivity index (χ4n) is 3.40. The van der Waals surface area contributed by atoms with Crippen molar-refractivity contribution in [2.75, 3.05) is 24.2 Å². The lowest BCUT2D eigenvalue weighted by Gasteiger charge is -2.29. The monoisotopic (exact) mass is 463 g/mol. The maximum atomic E-state index is 13.2. The summed E-state index contributed by atoms with van der Waals surface area (Å²) in [6, 6.07) is 12.1. The number of nitrogens with zero attached hydrogens (tertiary/aromatic N) is 2. The van der Waals surface area contributed by atoms with Gasteiger partial charge in [-0.15, -0.1) is 0 Å². The number of likely N-dealkylation sites (N-methyl/N-ethyl adjacent to an activating group) is 1. The standard InChI is InChI=1S/C23H30FN3O4S/c1-17-8-5-6-9-21(17)27(32(4,30)31)15-7-10-22(28)26(18(2)23(29)25-3)16-19-11-13-20(24)14-12-19/h5-6,8-9,11-14,18H,7,10,15-16H2,1-4H3,(H,25,29)/t18-/m0/s1. The van der Waals surface area contributed by atoms with Crippen molar-refractivity contribution < 1.29 is 22.4 Å². The van der Waals surface area contributed by atoms with Gasteiger partial charge in [0, 0.05) is 26.6 Å². The molecule has 0 fully saturated rings. The lowest BCUT2D eigenvalue weighted by molar-refractivity contribution is -0.140. The van der Waals surface area contributed by atoms with Crippen LogP contribution in [0.3, 0.4) is 0 Å². The third kappa shape index (κ3) is 6.78. The average molecular weight is 464 g/mol. The van der Waals surface area contributed by atoms with Gasteiger partial charge in [-0.05, 0) is 49.6 Å². The molecule has 0 radical (unpaired) electrons. The van der Waals surface area contributed by atoms with Crippen LogP contribution in [0.2, 0.25) is 0 Å². The zero-order valence-electron chi connectivity index (χ0n) is 18.8. The zero-order valence-corrected chi connectivity index (χ0v) is 19.7. The predicted octanol–water partition coefficient (Wildman–Crippen LogP) is 2.84. The van der Waals surface area contributed by atoms with E-state index in [1.807, 2.05) is 19.1 Å². The summed E-state index contributed by atoms with van der Waals surface area (Å²) in [5.41, 5.74) is 2.08. The summed E-state index contributed by atoms with van der Waals surface area (Å²) in [7, 11) is -2.04. The van der Waals surface area contributed by atoms with E-state index in [9.17, 15) is 22.4 Å². The summed E-state index contributed by atoms with van der Waals surface area (Å²) in [6.07, 6.45) is 1.47. The fourth-order valence-corrected chi connectivity index (χ4v) is 4.43.